The highest BCUT2D eigenvalue weighted by molar-refractivity contribution is 6.30. The molecule has 1 N–H and O–H groups in total. The molecule has 0 aliphatic carbocycles. The molecule has 1 rings (SSSR count). The van der Waals surface area contributed by atoms with Gasteiger partial charge in [0.1, 0.15) is 5.75 Å². The van der Waals surface area contributed by atoms with E-state index in [9.17, 15) is 0 Å². The Bertz CT molecular complexity index is 446. The number of nitriles is 1. The summed E-state index contributed by atoms with van der Waals surface area (Å²) in [4.78, 5) is 0. The van der Waals surface area contributed by atoms with Crippen molar-refractivity contribution in [2.24, 2.45) is 0 Å². The van der Waals surface area contributed by atoms with Gasteiger partial charge in [-0.25, -0.2) is 0 Å². The molecule has 0 heterocycles. The molecular formula is C15H21ClN2O. The number of rotatable bonds is 6. The van der Waals surface area contributed by atoms with Crippen molar-refractivity contribution in [3.8, 4) is 11.8 Å². The normalized spacial score (nSPS) is 11.1. The zero-order valence-corrected chi connectivity index (χ0v) is 12.5. The van der Waals surface area contributed by atoms with Gasteiger partial charge in [-0.05, 0) is 45.4 Å². The highest BCUT2D eigenvalue weighted by Crippen LogP contribution is 2.23. The minimum absolute atomic E-state index is 0.0421. The molecule has 0 aliphatic heterocycles. The Balaban J connectivity index is 2.66. The van der Waals surface area contributed by atoms with Crippen LogP contribution in [0.3, 0.4) is 0 Å². The predicted octanol–water partition coefficient (Wildman–Crippen LogP) is 3.91. The maximum atomic E-state index is 8.50. The third-order valence-electron chi connectivity index (χ3n) is 2.52. The van der Waals surface area contributed by atoms with Crippen molar-refractivity contribution in [2.45, 2.75) is 45.7 Å². The lowest BCUT2D eigenvalue weighted by Crippen LogP contribution is -2.35. The predicted molar refractivity (Wildman–Crippen MR) is 78.4 cm³/mol. The average molecular weight is 281 g/mol. The van der Waals surface area contributed by atoms with Gasteiger partial charge in [0.2, 0.25) is 0 Å². The van der Waals surface area contributed by atoms with E-state index in [1.54, 1.807) is 0 Å². The third kappa shape index (κ3) is 6.47. The lowest BCUT2D eigenvalue weighted by atomic mass is 10.1. The Labute approximate surface area is 120 Å². The zero-order valence-electron chi connectivity index (χ0n) is 11.8. The molecule has 0 fully saturated rings. The first-order valence-corrected chi connectivity index (χ1v) is 6.83. The van der Waals surface area contributed by atoms with E-state index in [1.807, 2.05) is 18.2 Å². The lowest BCUT2D eigenvalue weighted by Gasteiger charge is -2.21. The minimum Gasteiger partial charge on any atom is -0.493 e. The maximum absolute atomic E-state index is 8.50. The van der Waals surface area contributed by atoms with Crippen LogP contribution in [-0.4, -0.2) is 12.1 Å². The second-order valence-corrected chi connectivity index (χ2v) is 5.90. The van der Waals surface area contributed by atoms with Gasteiger partial charge in [0.05, 0.1) is 12.7 Å². The lowest BCUT2D eigenvalue weighted by molar-refractivity contribution is 0.306. The largest absolute Gasteiger partial charge is 0.493 e. The van der Waals surface area contributed by atoms with E-state index in [4.69, 9.17) is 21.6 Å². The minimum atomic E-state index is 0.0421. The van der Waals surface area contributed by atoms with E-state index in [-0.39, 0.29) is 5.54 Å². The molecule has 0 atom stereocenters. The fourth-order valence-corrected chi connectivity index (χ4v) is 1.72. The van der Waals surface area contributed by atoms with E-state index >= 15 is 0 Å². The van der Waals surface area contributed by atoms with E-state index in [1.165, 1.54) is 0 Å². The van der Waals surface area contributed by atoms with Crippen molar-refractivity contribution in [1.82, 2.24) is 5.32 Å². The number of nitrogens with zero attached hydrogens (tertiary/aromatic N) is 1. The van der Waals surface area contributed by atoms with Crippen molar-refractivity contribution in [1.29, 1.82) is 5.26 Å². The van der Waals surface area contributed by atoms with Crippen molar-refractivity contribution < 1.29 is 4.74 Å². The second-order valence-electron chi connectivity index (χ2n) is 5.47. The molecular weight excluding hydrogens is 260 g/mol. The standard InChI is InChI=1S/C15H21ClN2O/c1-15(2,3)18-11-12-10-13(16)6-7-14(12)19-9-5-4-8-17/h6-7,10,18H,4-5,9,11H2,1-3H3. The van der Waals surface area contributed by atoms with Crippen LogP contribution in [0, 0.1) is 11.3 Å². The number of nitrogens with one attached hydrogen (secondary N) is 1. The van der Waals surface area contributed by atoms with Gasteiger partial charge in [0.25, 0.3) is 0 Å². The number of hydrogen-bond donors (Lipinski definition) is 1. The van der Waals surface area contributed by atoms with Crippen LogP contribution in [0.2, 0.25) is 5.02 Å². The number of halogens is 1. The summed E-state index contributed by atoms with van der Waals surface area (Å²) >= 11 is 6.02. The van der Waals surface area contributed by atoms with Gasteiger partial charge < -0.3 is 10.1 Å². The van der Waals surface area contributed by atoms with Gasteiger partial charge >= 0.3 is 0 Å². The summed E-state index contributed by atoms with van der Waals surface area (Å²) < 4.78 is 5.71. The molecule has 0 aromatic heterocycles. The Morgan fingerprint density at radius 2 is 2.11 bits per heavy atom. The van der Waals surface area contributed by atoms with Crippen LogP contribution in [0.1, 0.15) is 39.2 Å². The highest BCUT2D eigenvalue weighted by atomic mass is 35.5. The summed E-state index contributed by atoms with van der Waals surface area (Å²) in [7, 11) is 0. The molecule has 0 amide bonds. The molecule has 1 aromatic carbocycles. The van der Waals surface area contributed by atoms with Crippen LogP contribution >= 0.6 is 11.6 Å². The van der Waals surface area contributed by atoms with Gasteiger partial charge in [-0.2, -0.15) is 5.26 Å². The summed E-state index contributed by atoms with van der Waals surface area (Å²) in [5.41, 5.74) is 1.08. The Morgan fingerprint density at radius 1 is 1.37 bits per heavy atom. The van der Waals surface area contributed by atoms with E-state index in [0.717, 1.165) is 17.7 Å². The number of benzene rings is 1. The molecule has 0 unspecified atom stereocenters. The number of hydrogen-bond acceptors (Lipinski definition) is 3. The van der Waals surface area contributed by atoms with Gasteiger partial charge in [-0.15, -0.1) is 0 Å². The van der Waals surface area contributed by atoms with E-state index < -0.39 is 0 Å². The Morgan fingerprint density at radius 3 is 2.74 bits per heavy atom. The quantitative estimate of drug-likeness (QED) is 0.804. The molecule has 0 radical (unpaired) electrons. The summed E-state index contributed by atoms with van der Waals surface area (Å²) in [6.45, 7) is 7.61. The number of ether oxygens (including phenoxy) is 1. The van der Waals surface area contributed by atoms with Crippen molar-refractivity contribution >= 4 is 11.6 Å². The van der Waals surface area contributed by atoms with Crippen LogP contribution < -0.4 is 10.1 Å². The first-order valence-electron chi connectivity index (χ1n) is 6.45. The molecule has 19 heavy (non-hydrogen) atoms. The van der Waals surface area contributed by atoms with Gasteiger partial charge in [0.15, 0.2) is 0 Å². The van der Waals surface area contributed by atoms with Crippen LogP contribution in [0.15, 0.2) is 18.2 Å². The molecule has 0 saturated heterocycles. The van der Waals surface area contributed by atoms with Crippen molar-refractivity contribution in [3.63, 3.8) is 0 Å². The van der Waals surface area contributed by atoms with Gasteiger partial charge in [-0.1, -0.05) is 11.6 Å². The van der Waals surface area contributed by atoms with Crippen LogP contribution in [0.5, 0.6) is 5.75 Å². The van der Waals surface area contributed by atoms with Crippen LogP contribution in [0.4, 0.5) is 0 Å². The molecule has 0 bridgehead atoms. The monoisotopic (exact) mass is 280 g/mol. The first-order chi connectivity index (χ1) is 8.92. The maximum Gasteiger partial charge on any atom is 0.123 e. The second kappa shape index (κ2) is 7.37. The summed E-state index contributed by atoms with van der Waals surface area (Å²) in [6.07, 6.45) is 1.26. The Kier molecular flexibility index (Phi) is 6.14. The topological polar surface area (TPSA) is 45.0 Å². The van der Waals surface area contributed by atoms with Crippen molar-refractivity contribution in [2.75, 3.05) is 6.61 Å². The molecule has 3 nitrogen and oxygen atoms in total. The molecule has 0 aliphatic rings. The molecule has 1 aromatic rings. The Hall–Kier alpha value is -1.24. The van der Waals surface area contributed by atoms with Crippen LogP contribution in [0.25, 0.3) is 0 Å². The van der Waals surface area contributed by atoms with Gasteiger partial charge in [-0.3, -0.25) is 0 Å². The van der Waals surface area contributed by atoms with Crippen LogP contribution in [-0.2, 0) is 6.54 Å². The highest BCUT2D eigenvalue weighted by Gasteiger charge is 2.11. The summed E-state index contributed by atoms with van der Waals surface area (Å²) in [6, 6.07) is 7.73. The molecule has 0 spiro atoms. The fourth-order valence-electron chi connectivity index (χ4n) is 1.52. The van der Waals surface area contributed by atoms with E-state index in [2.05, 4.69) is 32.2 Å². The molecule has 4 heteroatoms. The summed E-state index contributed by atoms with van der Waals surface area (Å²) in [5, 5.41) is 12.6. The smallest absolute Gasteiger partial charge is 0.123 e. The van der Waals surface area contributed by atoms with Crippen molar-refractivity contribution in [3.05, 3.63) is 28.8 Å². The third-order valence-corrected chi connectivity index (χ3v) is 2.76. The summed E-state index contributed by atoms with van der Waals surface area (Å²) in [5.74, 6) is 0.832. The fraction of sp³-hybridized carbons (Fsp3) is 0.533. The zero-order chi connectivity index (χ0) is 14.3. The van der Waals surface area contributed by atoms with Gasteiger partial charge in [0, 0.05) is 29.1 Å². The number of unbranched alkanes of at least 4 members (excludes halogenated alkanes) is 1. The first kappa shape index (κ1) is 15.8. The molecule has 104 valence electrons. The molecule has 0 saturated carbocycles. The average Bonchev–Trinajstić information content (AvgIpc) is 2.33. The SMILES string of the molecule is CC(C)(C)NCc1cc(Cl)ccc1OCCCC#N. The van der Waals surface area contributed by atoms with E-state index in [0.29, 0.717) is 24.6 Å².